The highest BCUT2D eigenvalue weighted by atomic mass is 32.2. The van der Waals surface area contributed by atoms with Crippen molar-refractivity contribution >= 4 is 34.8 Å². The number of hydrogen-bond donors (Lipinski definition) is 2. The maximum absolute atomic E-state index is 5.87. The zero-order chi connectivity index (χ0) is 18.7. The van der Waals surface area contributed by atoms with Gasteiger partial charge in [-0.3, -0.25) is 0 Å². The lowest BCUT2D eigenvalue weighted by molar-refractivity contribution is 0.0574. The quantitative estimate of drug-likeness (QED) is 0.325. The lowest BCUT2D eigenvalue weighted by Crippen LogP contribution is -2.30. The SMILES string of the molecule is S=C(NCCCOC1CCCC1)Nc1ccc(CSc2ccccc2)cc1. The van der Waals surface area contributed by atoms with Gasteiger partial charge in [0.25, 0.3) is 0 Å². The molecule has 27 heavy (non-hydrogen) atoms. The van der Waals surface area contributed by atoms with Gasteiger partial charge in [-0.2, -0.15) is 0 Å². The van der Waals surface area contributed by atoms with Gasteiger partial charge in [0, 0.05) is 29.5 Å². The molecule has 0 heterocycles. The van der Waals surface area contributed by atoms with Crippen molar-refractivity contribution in [1.82, 2.24) is 5.32 Å². The Bertz CT molecular complexity index is 685. The maximum atomic E-state index is 5.87. The van der Waals surface area contributed by atoms with Crippen molar-refractivity contribution in [2.45, 2.75) is 48.9 Å². The van der Waals surface area contributed by atoms with Gasteiger partial charge in [0.05, 0.1) is 6.10 Å². The van der Waals surface area contributed by atoms with E-state index in [0.29, 0.717) is 11.2 Å². The predicted molar refractivity (Wildman–Crippen MR) is 119 cm³/mol. The summed E-state index contributed by atoms with van der Waals surface area (Å²) in [5, 5.41) is 7.17. The van der Waals surface area contributed by atoms with Crippen LogP contribution in [0.4, 0.5) is 5.69 Å². The van der Waals surface area contributed by atoms with E-state index in [1.807, 2.05) is 17.8 Å². The van der Waals surface area contributed by atoms with Crippen LogP contribution in [0.15, 0.2) is 59.5 Å². The third kappa shape index (κ3) is 7.53. The van der Waals surface area contributed by atoms with E-state index in [4.69, 9.17) is 17.0 Å². The van der Waals surface area contributed by atoms with E-state index in [9.17, 15) is 0 Å². The Morgan fingerprint density at radius 1 is 1.04 bits per heavy atom. The molecule has 1 aliphatic carbocycles. The van der Waals surface area contributed by atoms with Crippen LogP contribution in [-0.4, -0.2) is 24.4 Å². The summed E-state index contributed by atoms with van der Waals surface area (Å²) in [5.41, 5.74) is 2.32. The number of hydrogen-bond acceptors (Lipinski definition) is 3. The molecule has 0 bridgehead atoms. The highest BCUT2D eigenvalue weighted by molar-refractivity contribution is 7.98. The number of thioether (sulfide) groups is 1. The van der Waals surface area contributed by atoms with Crippen LogP contribution in [0.25, 0.3) is 0 Å². The van der Waals surface area contributed by atoms with Crippen molar-refractivity contribution in [3.05, 3.63) is 60.2 Å². The molecule has 2 aromatic rings. The van der Waals surface area contributed by atoms with Crippen LogP contribution in [0.1, 0.15) is 37.7 Å². The minimum absolute atomic E-state index is 0.494. The van der Waals surface area contributed by atoms with Gasteiger partial charge in [-0.25, -0.2) is 0 Å². The maximum Gasteiger partial charge on any atom is 0.170 e. The first-order chi connectivity index (χ1) is 13.3. The molecule has 0 aliphatic heterocycles. The zero-order valence-electron chi connectivity index (χ0n) is 15.7. The molecular weight excluding hydrogens is 372 g/mol. The Morgan fingerprint density at radius 2 is 1.78 bits per heavy atom. The molecular formula is C22H28N2OS2. The van der Waals surface area contributed by atoms with Crippen molar-refractivity contribution in [3.8, 4) is 0 Å². The fraction of sp³-hybridized carbons (Fsp3) is 0.409. The number of thiocarbonyl (C=S) groups is 1. The first-order valence-electron chi connectivity index (χ1n) is 9.73. The van der Waals surface area contributed by atoms with Gasteiger partial charge in [-0.15, -0.1) is 11.8 Å². The van der Waals surface area contributed by atoms with Crippen molar-refractivity contribution in [1.29, 1.82) is 0 Å². The smallest absolute Gasteiger partial charge is 0.170 e. The number of nitrogens with one attached hydrogen (secondary N) is 2. The second-order valence-corrected chi connectivity index (χ2v) is 8.27. The molecule has 0 saturated heterocycles. The highest BCUT2D eigenvalue weighted by Gasteiger charge is 2.14. The topological polar surface area (TPSA) is 33.3 Å². The summed E-state index contributed by atoms with van der Waals surface area (Å²) < 4.78 is 5.87. The second kappa shape index (κ2) is 11.3. The average Bonchev–Trinajstić information content (AvgIpc) is 3.21. The van der Waals surface area contributed by atoms with Crippen LogP contribution in [0.5, 0.6) is 0 Å². The fourth-order valence-corrected chi connectivity index (χ4v) is 4.22. The number of rotatable bonds is 9. The molecule has 0 atom stereocenters. The third-order valence-corrected chi connectivity index (χ3v) is 5.95. The Kier molecular flexibility index (Phi) is 8.46. The average molecular weight is 401 g/mol. The molecule has 3 nitrogen and oxygen atoms in total. The molecule has 0 amide bonds. The van der Waals surface area contributed by atoms with Gasteiger partial charge < -0.3 is 15.4 Å². The predicted octanol–water partition coefficient (Wildman–Crippen LogP) is 5.61. The summed E-state index contributed by atoms with van der Waals surface area (Å²) in [6, 6.07) is 18.9. The lowest BCUT2D eigenvalue weighted by Gasteiger charge is -2.13. The Morgan fingerprint density at radius 3 is 2.52 bits per heavy atom. The summed E-state index contributed by atoms with van der Waals surface area (Å²) in [6.07, 6.45) is 6.57. The Labute approximate surface area is 172 Å². The molecule has 1 fully saturated rings. The van der Waals surface area contributed by atoms with Crippen LogP contribution < -0.4 is 10.6 Å². The van der Waals surface area contributed by atoms with Gasteiger partial charge in [-0.1, -0.05) is 43.2 Å². The molecule has 0 spiro atoms. The monoisotopic (exact) mass is 400 g/mol. The molecule has 0 aromatic heterocycles. The van der Waals surface area contributed by atoms with Crippen molar-refractivity contribution < 1.29 is 4.74 Å². The minimum Gasteiger partial charge on any atom is -0.378 e. The van der Waals surface area contributed by atoms with E-state index >= 15 is 0 Å². The number of anilines is 1. The summed E-state index contributed by atoms with van der Waals surface area (Å²) in [5.74, 6) is 0.966. The summed E-state index contributed by atoms with van der Waals surface area (Å²) >= 11 is 7.22. The van der Waals surface area contributed by atoms with E-state index in [-0.39, 0.29) is 0 Å². The van der Waals surface area contributed by atoms with Crippen LogP contribution >= 0.6 is 24.0 Å². The van der Waals surface area contributed by atoms with Crippen molar-refractivity contribution in [3.63, 3.8) is 0 Å². The number of ether oxygens (including phenoxy) is 1. The molecule has 2 N–H and O–H groups in total. The van der Waals surface area contributed by atoms with Crippen LogP contribution in [-0.2, 0) is 10.5 Å². The molecule has 3 rings (SSSR count). The first-order valence-corrected chi connectivity index (χ1v) is 11.1. The van der Waals surface area contributed by atoms with E-state index in [1.165, 1.54) is 36.1 Å². The molecule has 1 aliphatic rings. The molecule has 2 aromatic carbocycles. The van der Waals surface area contributed by atoms with Crippen LogP contribution in [0.2, 0.25) is 0 Å². The molecule has 0 unspecified atom stereocenters. The fourth-order valence-electron chi connectivity index (χ4n) is 3.12. The van der Waals surface area contributed by atoms with E-state index in [1.54, 1.807) is 0 Å². The van der Waals surface area contributed by atoms with Gasteiger partial charge in [0.15, 0.2) is 5.11 Å². The second-order valence-electron chi connectivity index (χ2n) is 6.81. The Hall–Kier alpha value is -1.56. The summed E-state index contributed by atoms with van der Waals surface area (Å²) in [6.45, 7) is 1.65. The van der Waals surface area contributed by atoms with E-state index in [2.05, 4.69) is 59.2 Å². The molecule has 1 saturated carbocycles. The summed E-state index contributed by atoms with van der Waals surface area (Å²) in [7, 11) is 0. The van der Waals surface area contributed by atoms with Crippen LogP contribution in [0, 0.1) is 0 Å². The minimum atomic E-state index is 0.494. The van der Waals surface area contributed by atoms with Gasteiger partial charge in [0.1, 0.15) is 0 Å². The Balaban J connectivity index is 1.30. The summed E-state index contributed by atoms with van der Waals surface area (Å²) in [4.78, 5) is 1.29. The third-order valence-electron chi connectivity index (χ3n) is 4.62. The van der Waals surface area contributed by atoms with Crippen molar-refractivity contribution in [2.24, 2.45) is 0 Å². The highest BCUT2D eigenvalue weighted by Crippen LogP contribution is 2.23. The van der Waals surface area contributed by atoms with E-state index in [0.717, 1.165) is 31.0 Å². The molecule has 144 valence electrons. The zero-order valence-corrected chi connectivity index (χ0v) is 17.3. The lowest BCUT2D eigenvalue weighted by atomic mass is 10.2. The number of benzene rings is 2. The molecule has 0 radical (unpaired) electrons. The van der Waals surface area contributed by atoms with Gasteiger partial charge >= 0.3 is 0 Å². The normalized spacial score (nSPS) is 14.2. The van der Waals surface area contributed by atoms with E-state index < -0.39 is 0 Å². The van der Waals surface area contributed by atoms with Gasteiger partial charge in [-0.05, 0) is 61.3 Å². The first kappa shape index (κ1) is 20.2. The standard InChI is InChI=1S/C22H28N2OS2/c26-22(23-15-6-16-25-20-7-4-5-8-20)24-19-13-11-18(12-14-19)17-27-21-9-2-1-3-10-21/h1-3,9-14,20H,4-8,15-17H2,(H2,23,24,26). The van der Waals surface area contributed by atoms with Crippen molar-refractivity contribution in [2.75, 3.05) is 18.5 Å². The molecule has 5 heteroatoms. The van der Waals surface area contributed by atoms with Gasteiger partial charge in [0.2, 0.25) is 0 Å². The largest absolute Gasteiger partial charge is 0.378 e. The van der Waals surface area contributed by atoms with Crippen LogP contribution in [0.3, 0.4) is 0 Å².